The highest BCUT2D eigenvalue weighted by Crippen LogP contribution is 2.37. The van der Waals surface area contributed by atoms with Crippen LogP contribution in [0.4, 0.5) is 0 Å². The Bertz CT molecular complexity index is 952. The van der Waals surface area contributed by atoms with E-state index in [9.17, 15) is 14.7 Å². The van der Waals surface area contributed by atoms with E-state index in [-0.39, 0.29) is 10.8 Å². The van der Waals surface area contributed by atoms with Gasteiger partial charge in [-0.2, -0.15) is 0 Å². The van der Waals surface area contributed by atoms with E-state index < -0.39 is 32.6 Å². The number of carbonyl (C=O) groups excluding carboxylic acids is 2. The summed E-state index contributed by atoms with van der Waals surface area (Å²) in [6.07, 6.45) is 2.67. The fraction of sp³-hybridized carbons (Fsp3) is 0.308. The summed E-state index contributed by atoms with van der Waals surface area (Å²) in [5.74, 6) is -0.801. The van der Waals surface area contributed by atoms with Gasteiger partial charge in [-0.25, -0.2) is 4.79 Å². The van der Waals surface area contributed by atoms with Crippen LogP contribution in [-0.4, -0.2) is 43.5 Å². The molecule has 0 aromatic heterocycles. The molecule has 32 heavy (non-hydrogen) atoms. The highest BCUT2D eigenvalue weighted by molar-refractivity contribution is 6.99. The highest BCUT2D eigenvalue weighted by atomic mass is 28.4. The van der Waals surface area contributed by atoms with Crippen molar-refractivity contribution in [3.8, 4) is 0 Å². The quantitative estimate of drug-likeness (QED) is 0.399. The molecule has 0 spiro atoms. The molecule has 0 aliphatic carbocycles. The maximum atomic E-state index is 13.0. The van der Waals surface area contributed by atoms with Crippen molar-refractivity contribution in [2.45, 2.75) is 51.0 Å². The van der Waals surface area contributed by atoms with E-state index in [0.29, 0.717) is 0 Å². The first kappa shape index (κ1) is 23.9. The molecule has 5 nitrogen and oxygen atoms in total. The van der Waals surface area contributed by atoms with E-state index in [1.165, 1.54) is 24.3 Å². The first-order valence-corrected chi connectivity index (χ1v) is 12.6. The van der Waals surface area contributed by atoms with Gasteiger partial charge < -0.3 is 14.3 Å². The largest absolute Gasteiger partial charge is 0.452 e. The van der Waals surface area contributed by atoms with Crippen LogP contribution in [0.15, 0.2) is 85.0 Å². The van der Waals surface area contributed by atoms with Crippen LogP contribution in [0.25, 0.3) is 0 Å². The maximum Gasteiger partial charge on any atom is 0.331 e. The smallest absolute Gasteiger partial charge is 0.331 e. The van der Waals surface area contributed by atoms with Crippen molar-refractivity contribution in [2.75, 3.05) is 0 Å². The van der Waals surface area contributed by atoms with Crippen molar-refractivity contribution in [1.82, 2.24) is 0 Å². The van der Waals surface area contributed by atoms with Crippen LogP contribution in [0, 0.1) is 0 Å². The summed E-state index contributed by atoms with van der Waals surface area (Å²) in [6, 6.07) is 20.2. The van der Waals surface area contributed by atoms with Gasteiger partial charge in [-0.05, 0) is 40.6 Å². The zero-order valence-electron chi connectivity index (χ0n) is 18.9. The Balaban J connectivity index is 1.94. The van der Waals surface area contributed by atoms with Gasteiger partial charge in [-0.15, -0.1) is 0 Å². The number of hydrogen-bond acceptors (Lipinski definition) is 5. The second-order valence-electron chi connectivity index (χ2n) is 8.94. The lowest BCUT2D eigenvalue weighted by atomic mass is 10.1. The van der Waals surface area contributed by atoms with E-state index in [4.69, 9.17) is 9.16 Å². The number of ketones is 1. The van der Waals surface area contributed by atoms with Crippen LogP contribution in [0.3, 0.4) is 0 Å². The Hall–Kier alpha value is -2.80. The average molecular weight is 451 g/mol. The number of ether oxygens (including phenoxy) is 1. The predicted molar refractivity (Wildman–Crippen MR) is 127 cm³/mol. The van der Waals surface area contributed by atoms with E-state index in [1.807, 2.05) is 36.4 Å². The van der Waals surface area contributed by atoms with Crippen molar-refractivity contribution in [1.29, 1.82) is 0 Å². The summed E-state index contributed by atoms with van der Waals surface area (Å²) < 4.78 is 11.9. The summed E-state index contributed by atoms with van der Waals surface area (Å²) >= 11 is 0. The van der Waals surface area contributed by atoms with Crippen molar-refractivity contribution >= 4 is 30.4 Å². The van der Waals surface area contributed by atoms with Crippen molar-refractivity contribution in [3.63, 3.8) is 0 Å². The van der Waals surface area contributed by atoms with Gasteiger partial charge in [0.2, 0.25) is 0 Å². The summed E-state index contributed by atoms with van der Waals surface area (Å²) in [5, 5.41) is 11.9. The molecule has 1 heterocycles. The molecule has 1 aliphatic heterocycles. The number of aliphatic hydroxyl groups is 1. The number of esters is 1. The van der Waals surface area contributed by atoms with Gasteiger partial charge >= 0.3 is 5.97 Å². The van der Waals surface area contributed by atoms with Crippen LogP contribution in [0.1, 0.15) is 27.7 Å². The topological polar surface area (TPSA) is 72.8 Å². The van der Waals surface area contributed by atoms with Gasteiger partial charge in [-0.3, -0.25) is 4.79 Å². The molecule has 3 atom stereocenters. The molecule has 3 rings (SSSR count). The van der Waals surface area contributed by atoms with E-state index in [1.54, 1.807) is 6.92 Å². The van der Waals surface area contributed by atoms with Gasteiger partial charge in [0.1, 0.15) is 12.2 Å². The van der Waals surface area contributed by atoms with Crippen LogP contribution in [0.5, 0.6) is 0 Å². The molecule has 0 saturated heterocycles. The lowest BCUT2D eigenvalue weighted by Crippen LogP contribution is -2.68. The molecular formula is C26H30O5Si. The van der Waals surface area contributed by atoms with E-state index in [2.05, 4.69) is 45.0 Å². The zero-order valence-corrected chi connectivity index (χ0v) is 19.9. The van der Waals surface area contributed by atoms with Gasteiger partial charge in [-0.1, -0.05) is 81.4 Å². The number of cyclic esters (lactones) is 1. The number of rotatable bonds is 7. The molecular weight excluding hydrogens is 420 g/mol. The van der Waals surface area contributed by atoms with Crippen LogP contribution in [0.2, 0.25) is 5.04 Å². The zero-order chi connectivity index (χ0) is 23.4. The summed E-state index contributed by atoms with van der Waals surface area (Å²) in [5.41, 5.74) is 0. The van der Waals surface area contributed by atoms with Crippen molar-refractivity contribution in [2.24, 2.45) is 0 Å². The van der Waals surface area contributed by atoms with Crippen molar-refractivity contribution < 1.29 is 23.9 Å². The average Bonchev–Trinajstić information content (AvgIpc) is 2.78. The second kappa shape index (κ2) is 9.77. The summed E-state index contributed by atoms with van der Waals surface area (Å²) in [7, 11) is -2.87. The van der Waals surface area contributed by atoms with Gasteiger partial charge in [0, 0.05) is 6.08 Å². The third-order valence-electron chi connectivity index (χ3n) is 5.64. The minimum Gasteiger partial charge on any atom is -0.452 e. The number of carbonyl (C=O) groups is 2. The number of hydrogen-bond donors (Lipinski definition) is 1. The van der Waals surface area contributed by atoms with Crippen molar-refractivity contribution in [3.05, 3.63) is 85.0 Å². The molecule has 2 aromatic carbocycles. The Morgan fingerprint density at radius 3 is 2.09 bits per heavy atom. The second-order valence-corrected chi connectivity index (χ2v) is 13.2. The van der Waals surface area contributed by atoms with Gasteiger partial charge in [0.25, 0.3) is 8.32 Å². The molecule has 0 fully saturated rings. The maximum absolute atomic E-state index is 13.0. The summed E-state index contributed by atoms with van der Waals surface area (Å²) in [6.45, 7) is 8.19. The van der Waals surface area contributed by atoms with E-state index >= 15 is 0 Å². The van der Waals surface area contributed by atoms with E-state index in [0.717, 1.165) is 10.4 Å². The Labute approximate surface area is 190 Å². The molecule has 0 amide bonds. The Morgan fingerprint density at radius 1 is 1.06 bits per heavy atom. The fourth-order valence-corrected chi connectivity index (χ4v) is 8.68. The first-order valence-electron chi connectivity index (χ1n) is 10.7. The molecule has 0 radical (unpaired) electrons. The minimum absolute atomic E-state index is 0.254. The molecule has 2 aromatic rings. The molecule has 1 N–H and O–H groups in total. The monoisotopic (exact) mass is 450 g/mol. The van der Waals surface area contributed by atoms with Gasteiger partial charge in [0.15, 0.2) is 11.9 Å². The molecule has 0 unspecified atom stereocenters. The standard InChI is InChI=1S/C26H30O5Si/c1-19(22(27)15-17-24-23(28)16-18-25(29)30-24)31-32(26(2,3)4,20-11-7-5-8-12-20)21-13-9-6-10-14-21/h5-19,23-24,28H,1-4H3/b17-15+/t19-,23-,24-/m0/s1. The normalized spacial score (nSPS) is 20.2. The van der Waals surface area contributed by atoms with Crippen LogP contribution in [-0.2, 0) is 18.8 Å². The fourth-order valence-electron chi connectivity index (χ4n) is 4.02. The molecule has 0 saturated carbocycles. The molecule has 1 aliphatic rings. The Morgan fingerprint density at radius 2 is 1.59 bits per heavy atom. The Kier molecular flexibility index (Phi) is 7.28. The highest BCUT2D eigenvalue weighted by Gasteiger charge is 2.51. The number of benzene rings is 2. The van der Waals surface area contributed by atoms with Gasteiger partial charge in [0.05, 0.1) is 0 Å². The van der Waals surface area contributed by atoms with Crippen LogP contribution >= 0.6 is 0 Å². The molecule has 6 heteroatoms. The lowest BCUT2D eigenvalue weighted by Gasteiger charge is -2.44. The number of aliphatic hydroxyl groups excluding tert-OH is 1. The predicted octanol–water partition coefficient (Wildman–Crippen LogP) is 2.92. The third kappa shape index (κ3) is 4.98. The SMILES string of the molecule is C[C@H](O[Si](c1ccccc1)(c1ccccc1)C(C)(C)C)C(=O)/C=C/[C@@H]1OC(=O)C=C[C@@H]1O. The molecule has 0 bridgehead atoms. The molecule has 168 valence electrons. The van der Waals surface area contributed by atoms with Crippen LogP contribution < -0.4 is 10.4 Å². The minimum atomic E-state index is -2.87. The third-order valence-corrected chi connectivity index (χ3v) is 10.8. The first-order chi connectivity index (χ1) is 15.1. The lowest BCUT2D eigenvalue weighted by molar-refractivity contribution is -0.146. The summed E-state index contributed by atoms with van der Waals surface area (Å²) in [4.78, 5) is 24.5.